The second-order valence-corrected chi connectivity index (χ2v) is 7.09. The number of nitrogens with zero attached hydrogens (tertiary/aromatic N) is 2. The molecule has 3 nitrogen and oxygen atoms in total. The van der Waals surface area contributed by atoms with Gasteiger partial charge in [0.2, 0.25) is 0 Å². The van der Waals surface area contributed by atoms with Gasteiger partial charge in [-0.15, -0.1) is 11.3 Å². The first kappa shape index (κ1) is 14.2. The first-order chi connectivity index (χ1) is 8.72. The molecule has 1 atom stereocenters. The van der Waals surface area contributed by atoms with Crippen LogP contribution in [0.4, 0.5) is 0 Å². The molecule has 1 aromatic rings. The monoisotopic (exact) mass is 304 g/mol. The van der Waals surface area contributed by atoms with Crippen molar-refractivity contribution in [1.82, 2.24) is 9.88 Å². The Hall–Kier alpha value is -0.260. The summed E-state index contributed by atoms with van der Waals surface area (Å²) >= 11 is 9.22. The summed E-state index contributed by atoms with van der Waals surface area (Å²) in [5.74, 6) is 1.15. The Morgan fingerprint density at radius 3 is 3.17 bits per heavy atom. The van der Waals surface area contributed by atoms with E-state index in [2.05, 4.69) is 11.9 Å². The molecule has 1 amide bonds. The molecule has 0 spiro atoms. The summed E-state index contributed by atoms with van der Waals surface area (Å²) in [6.45, 7) is 3.85. The van der Waals surface area contributed by atoms with E-state index in [4.69, 9.17) is 11.6 Å². The number of halogens is 1. The van der Waals surface area contributed by atoms with Crippen LogP contribution in [0.1, 0.15) is 35.9 Å². The van der Waals surface area contributed by atoms with Crippen molar-refractivity contribution < 1.29 is 4.79 Å². The summed E-state index contributed by atoms with van der Waals surface area (Å²) in [5.41, 5.74) is 1.63. The van der Waals surface area contributed by atoms with Crippen LogP contribution >= 0.6 is 34.7 Å². The number of likely N-dealkylation sites (tertiary alicyclic amines) is 1. The minimum atomic E-state index is 0.0473. The van der Waals surface area contributed by atoms with Gasteiger partial charge < -0.3 is 4.90 Å². The van der Waals surface area contributed by atoms with Gasteiger partial charge in [0.05, 0.1) is 5.51 Å². The third-order valence-electron chi connectivity index (χ3n) is 3.04. The Morgan fingerprint density at radius 1 is 1.67 bits per heavy atom. The number of amides is 1. The highest BCUT2D eigenvalue weighted by Gasteiger charge is 2.25. The van der Waals surface area contributed by atoms with Gasteiger partial charge in [-0.05, 0) is 18.6 Å². The van der Waals surface area contributed by atoms with Crippen LogP contribution in [0.25, 0.3) is 0 Å². The number of hydrogen-bond acceptors (Lipinski definition) is 4. The van der Waals surface area contributed by atoms with Crippen molar-refractivity contribution in [2.24, 2.45) is 0 Å². The zero-order valence-electron chi connectivity index (χ0n) is 10.4. The lowest BCUT2D eigenvalue weighted by atomic mass is 10.2. The van der Waals surface area contributed by atoms with E-state index < -0.39 is 0 Å². The number of rotatable bonds is 3. The zero-order valence-corrected chi connectivity index (χ0v) is 12.8. The predicted molar refractivity (Wildman–Crippen MR) is 78.8 cm³/mol. The lowest BCUT2D eigenvalue weighted by Crippen LogP contribution is -2.35. The van der Waals surface area contributed by atoms with E-state index in [-0.39, 0.29) is 5.91 Å². The second kappa shape index (κ2) is 6.78. The fraction of sp³-hybridized carbons (Fsp3) is 0.667. The Morgan fingerprint density at radius 2 is 2.50 bits per heavy atom. The van der Waals surface area contributed by atoms with Crippen molar-refractivity contribution in [3.8, 4) is 0 Å². The molecule has 100 valence electrons. The molecule has 2 rings (SSSR count). The van der Waals surface area contributed by atoms with Gasteiger partial charge in [-0.2, -0.15) is 11.8 Å². The van der Waals surface area contributed by atoms with Crippen LogP contribution in [0.3, 0.4) is 0 Å². The molecule has 1 aromatic heterocycles. The van der Waals surface area contributed by atoms with E-state index >= 15 is 0 Å². The van der Waals surface area contributed by atoms with Crippen LogP contribution in [0.2, 0.25) is 5.15 Å². The van der Waals surface area contributed by atoms with E-state index in [0.29, 0.717) is 15.3 Å². The molecular weight excluding hydrogens is 288 g/mol. The van der Waals surface area contributed by atoms with Gasteiger partial charge in [-0.1, -0.05) is 24.9 Å². The van der Waals surface area contributed by atoms with Crippen molar-refractivity contribution in [1.29, 1.82) is 0 Å². The fourth-order valence-corrected chi connectivity index (χ4v) is 4.23. The highest BCUT2D eigenvalue weighted by molar-refractivity contribution is 7.99. The third-order valence-corrected chi connectivity index (χ3v) is 5.44. The molecule has 1 fully saturated rings. The summed E-state index contributed by atoms with van der Waals surface area (Å²) in [5, 5.41) is 0.905. The van der Waals surface area contributed by atoms with E-state index in [0.717, 1.165) is 25.3 Å². The largest absolute Gasteiger partial charge is 0.337 e. The number of hydrogen-bond donors (Lipinski definition) is 0. The fourth-order valence-electron chi connectivity index (χ4n) is 2.17. The topological polar surface area (TPSA) is 33.2 Å². The van der Waals surface area contributed by atoms with Crippen LogP contribution < -0.4 is 0 Å². The zero-order chi connectivity index (χ0) is 13.0. The van der Waals surface area contributed by atoms with Gasteiger partial charge in [0, 0.05) is 18.3 Å². The number of thiazole rings is 1. The molecule has 1 aliphatic heterocycles. The van der Waals surface area contributed by atoms with Gasteiger partial charge in [0.15, 0.2) is 5.15 Å². The number of aromatic nitrogens is 1. The molecule has 1 saturated heterocycles. The normalized spacial score (nSPS) is 20.8. The summed E-state index contributed by atoms with van der Waals surface area (Å²) in [4.78, 5) is 18.9. The van der Waals surface area contributed by atoms with Gasteiger partial charge in [-0.25, -0.2) is 4.98 Å². The maximum atomic E-state index is 12.4. The molecule has 0 aromatic carbocycles. The second-order valence-electron chi connectivity index (χ2n) is 4.30. The first-order valence-electron chi connectivity index (χ1n) is 6.22. The number of carbonyl (C=O) groups is 1. The number of thioether (sulfide) groups is 1. The third kappa shape index (κ3) is 3.39. The van der Waals surface area contributed by atoms with E-state index in [1.807, 2.05) is 16.7 Å². The van der Waals surface area contributed by atoms with Crippen LogP contribution in [-0.2, 0) is 0 Å². The summed E-state index contributed by atoms with van der Waals surface area (Å²) in [6, 6.07) is 0. The van der Waals surface area contributed by atoms with E-state index in [1.54, 1.807) is 5.51 Å². The Bertz CT molecular complexity index is 411. The Balaban J connectivity index is 2.06. The highest BCUT2D eigenvalue weighted by atomic mass is 35.5. The average Bonchev–Trinajstić information content (AvgIpc) is 2.64. The maximum absolute atomic E-state index is 12.4. The Labute approximate surface area is 121 Å². The van der Waals surface area contributed by atoms with Crippen LogP contribution in [0.15, 0.2) is 5.51 Å². The molecule has 0 N–H and O–H groups in total. The number of carbonyl (C=O) groups excluding carboxylic acids is 1. The van der Waals surface area contributed by atoms with Gasteiger partial charge in [-0.3, -0.25) is 4.79 Å². The molecule has 2 heterocycles. The van der Waals surface area contributed by atoms with E-state index in [9.17, 15) is 4.79 Å². The molecule has 0 aliphatic carbocycles. The van der Waals surface area contributed by atoms with Crippen molar-refractivity contribution in [2.75, 3.05) is 18.8 Å². The SMILES string of the molecule is CCSC1CCCCN(C(=O)c2scnc2Cl)C1. The molecular formula is C12H17ClN2OS2. The van der Waals surface area contributed by atoms with Crippen molar-refractivity contribution in [2.45, 2.75) is 31.4 Å². The quantitative estimate of drug-likeness (QED) is 0.856. The maximum Gasteiger partial charge on any atom is 0.267 e. The van der Waals surface area contributed by atoms with E-state index in [1.165, 1.54) is 24.2 Å². The van der Waals surface area contributed by atoms with Crippen LogP contribution in [0.5, 0.6) is 0 Å². The summed E-state index contributed by atoms with van der Waals surface area (Å²) < 4.78 is 0. The minimum absolute atomic E-state index is 0.0473. The molecule has 0 bridgehead atoms. The average molecular weight is 305 g/mol. The minimum Gasteiger partial charge on any atom is -0.337 e. The molecule has 1 unspecified atom stereocenters. The summed E-state index contributed by atoms with van der Waals surface area (Å²) in [7, 11) is 0. The van der Waals surface area contributed by atoms with Gasteiger partial charge in [0.1, 0.15) is 4.88 Å². The lowest BCUT2D eigenvalue weighted by Gasteiger charge is -2.23. The molecule has 0 radical (unpaired) electrons. The van der Waals surface area contributed by atoms with Crippen molar-refractivity contribution in [3.05, 3.63) is 15.5 Å². The molecule has 6 heteroatoms. The van der Waals surface area contributed by atoms with Crippen molar-refractivity contribution in [3.63, 3.8) is 0 Å². The predicted octanol–water partition coefficient (Wildman–Crippen LogP) is 3.54. The Kier molecular flexibility index (Phi) is 5.33. The molecule has 0 saturated carbocycles. The molecule has 18 heavy (non-hydrogen) atoms. The van der Waals surface area contributed by atoms with Crippen molar-refractivity contribution >= 4 is 40.6 Å². The smallest absolute Gasteiger partial charge is 0.267 e. The lowest BCUT2D eigenvalue weighted by molar-refractivity contribution is 0.0768. The first-order valence-corrected chi connectivity index (χ1v) is 8.53. The van der Waals surface area contributed by atoms with Gasteiger partial charge in [0.25, 0.3) is 5.91 Å². The van der Waals surface area contributed by atoms with Crippen LogP contribution in [-0.4, -0.2) is 39.9 Å². The molecule has 1 aliphatic rings. The standard InChI is InChI=1S/C12H17ClN2OS2/c1-2-17-9-5-3-4-6-15(7-9)12(16)10-11(13)14-8-18-10/h8-9H,2-7H2,1H3. The van der Waals surface area contributed by atoms with Crippen LogP contribution in [0, 0.1) is 0 Å². The highest BCUT2D eigenvalue weighted by Crippen LogP contribution is 2.26. The van der Waals surface area contributed by atoms with Gasteiger partial charge >= 0.3 is 0 Å². The summed E-state index contributed by atoms with van der Waals surface area (Å²) in [6.07, 6.45) is 3.50.